The van der Waals surface area contributed by atoms with Crippen LogP contribution < -0.4 is 11.2 Å². The number of H-pyrrole nitrogens is 1. The standard InChI is InChI=1S/C16H27IN2O4Si/c1-10-11(9-17)22-14(19-8-7-12(20)18-15(19)21)13(10)23-24(5,6)16(2,3)4/h7-8,10-11,13-14H,9H2,1-6H3,(H,18,20,21)/t10-,11-,13?,14-/m1/s1. The molecule has 1 saturated heterocycles. The fraction of sp³-hybridized carbons (Fsp3) is 0.750. The largest absolute Gasteiger partial charge is 0.409 e. The number of aromatic nitrogens is 2. The van der Waals surface area contributed by atoms with Gasteiger partial charge in [-0.3, -0.25) is 14.3 Å². The molecule has 2 heterocycles. The Morgan fingerprint density at radius 2 is 2.00 bits per heavy atom. The lowest BCUT2D eigenvalue weighted by Crippen LogP contribution is -2.48. The van der Waals surface area contributed by atoms with Crippen LogP contribution in [0.4, 0.5) is 0 Å². The van der Waals surface area contributed by atoms with Crippen molar-refractivity contribution in [1.29, 1.82) is 0 Å². The van der Waals surface area contributed by atoms with Gasteiger partial charge in [0.25, 0.3) is 5.56 Å². The Kier molecular flexibility index (Phi) is 5.83. The molecule has 0 saturated carbocycles. The predicted octanol–water partition coefficient (Wildman–Crippen LogP) is 2.90. The highest BCUT2D eigenvalue weighted by atomic mass is 127. The molecule has 136 valence electrons. The summed E-state index contributed by atoms with van der Waals surface area (Å²) < 4.78 is 15.0. The molecular weight excluding hydrogens is 439 g/mol. The van der Waals surface area contributed by atoms with Crippen molar-refractivity contribution < 1.29 is 9.16 Å². The van der Waals surface area contributed by atoms with Crippen LogP contribution in [-0.4, -0.2) is 34.5 Å². The lowest BCUT2D eigenvalue weighted by atomic mass is 10.0. The van der Waals surface area contributed by atoms with Crippen molar-refractivity contribution >= 4 is 30.9 Å². The van der Waals surface area contributed by atoms with E-state index in [9.17, 15) is 9.59 Å². The van der Waals surface area contributed by atoms with Crippen LogP contribution >= 0.6 is 22.6 Å². The molecule has 1 aromatic heterocycles. The van der Waals surface area contributed by atoms with Crippen LogP contribution in [0.15, 0.2) is 21.9 Å². The molecule has 0 amide bonds. The van der Waals surface area contributed by atoms with Gasteiger partial charge in [-0.25, -0.2) is 4.79 Å². The summed E-state index contributed by atoms with van der Waals surface area (Å²) >= 11 is 2.30. The predicted molar refractivity (Wildman–Crippen MR) is 105 cm³/mol. The molecule has 1 unspecified atom stereocenters. The van der Waals surface area contributed by atoms with Gasteiger partial charge in [-0.2, -0.15) is 0 Å². The third-order valence-electron chi connectivity index (χ3n) is 5.21. The highest BCUT2D eigenvalue weighted by Gasteiger charge is 2.48. The van der Waals surface area contributed by atoms with Gasteiger partial charge >= 0.3 is 5.69 Å². The maximum absolute atomic E-state index is 12.2. The molecule has 24 heavy (non-hydrogen) atoms. The normalized spacial score (nSPS) is 28.3. The summed E-state index contributed by atoms with van der Waals surface area (Å²) in [4.78, 5) is 25.9. The van der Waals surface area contributed by atoms with Crippen molar-refractivity contribution in [2.45, 2.75) is 64.3 Å². The van der Waals surface area contributed by atoms with E-state index in [1.807, 2.05) is 0 Å². The van der Waals surface area contributed by atoms with E-state index in [1.165, 1.54) is 16.8 Å². The summed E-state index contributed by atoms with van der Waals surface area (Å²) in [7, 11) is -2.03. The van der Waals surface area contributed by atoms with Crippen molar-refractivity contribution in [2.75, 3.05) is 4.43 Å². The Balaban J connectivity index is 2.41. The molecule has 1 N–H and O–H groups in total. The van der Waals surface area contributed by atoms with Crippen molar-refractivity contribution in [3.8, 4) is 0 Å². The minimum atomic E-state index is -2.03. The fourth-order valence-corrected chi connectivity index (χ4v) is 4.94. The molecule has 8 heteroatoms. The van der Waals surface area contributed by atoms with Crippen LogP contribution in [-0.2, 0) is 9.16 Å². The van der Waals surface area contributed by atoms with E-state index < -0.39 is 25.8 Å². The van der Waals surface area contributed by atoms with Crippen LogP contribution in [0.2, 0.25) is 18.1 Å². The first-order chi connectivity index (χ1) is 11.0. The maximum Gasteiger partial charge on any atom is 0.330 e. The number of hydrogen-bond acceptors (Lipinski definition) is 4. The molecule has 0 aromatic carbocycles. The van der Waals surface area contributed by atoms with Crippen LogP contribution in [0.5, 0.6) is 0 Å². The van der Waals surface area contributed by atoms with E-state index in [0.29, 0.717) is 0 Å². The Morgan fingerprint density at radius 1 is 1.38 bits per heavy atom. The first-order valence-corrected chi connectivity index (χ1v) is 12.6. The van der Waals surface area contributed by atoms with Crippen LogP contribution in [0.3, 0.4) is 0 Å². The minimum Gasteiger partial charge on any atom is -0.409 e. The summed E-state index contributed by atoms with van der Waals surface area (Å²) in [5.74, 6) is 0.167. The molecule has 1 aliphatic rings. The van der Waals surface area contributed by atoms with Crippen molar-refractivity contribution in [3.63, 3.8) is 0 Å². The number of alkyl halides is 1. The lowest BCUT2D eigenvalue weighted by Gasteiger charge is -2.40. The molecular formula is C16H27IN2O4Si. The summed E-state index contributed by atoms with van der Waals surface area (Å²) in [6.45, 7) is 13.1. The maximum atomic E-state index is 12.2. The number of aromatic amines is 1. The molecule has 1 aliphatic heterocycles. The van der Waals surface area contributed by atoms with E-state index in [-0.39, 0.29) is 23.2 Å². The van der Waals surface area contributed by atoms with Crippen LogP contribution in [0.25, 0.3) is 0 Å². The lowest BCUT2D eigenvalue weighted by molar-refractivity contribution is -0.0292. The van der Waals surface area contributed by atoms with Gasteiger partial charge in [0, 0.05) is 22.6 Å². The van der Waals surface area contributed by atoms with Crippen LogP contribution in [0, 0.1) is 5.92 Å². The summed E-state index contributed by atoms with van der Waals surface area (Å²) in [6.07, 6.45) is 0.785. The SMILES string of the molecule is C[C@H]1C(O[Si](C)(C)C(C)(C)C)[C@H](n2ccc(=O)[nH]c2=O)O[C@@H]1CI. The first-order valence-electron chi connectivity index (χ1n) is 8.18. The first kappa shape index (κ1) is 19.9. The van der Waals surface area contributed by atoms with Crippen molar-refractivity contribution in [3.05, 3.63) is 33.1 Å². The van der Waals surface area contributed by atoms with E-state index in [1.54, 1.807) is 0 Å². The Morgan fingerprint density at radius 3 is 2.50 bits per heavy atom. The van der Waals surface area contributed by atoms with Gasteiger partial charge in [-0.05, 0) is 18.1 Å². The molecule has 0 spiro atoms. The molecule has 0 radical (unpaired) electrons. The van der Waals surface area contributed by atoms with E-state index in [0.717, 1.165) is 4.43 Å². The second kappa shape index (κ2) is 7.04. The highest BCUT2D eigenvalue weighted by molar-refractivity contribution is 14.1. The Hall–Kier alpha value is -0.453. The number of halogens is 1. The monoisotopic (exact) mass is 466 g/mol. The van der Waals surface area contributed by atoms with Crippen molar-refractivity contribution in [2.24, 2.45) is 5.92 Å². The van der Waals surface area contributed by atoms with Crippen LogP contribution in [0.1, 0.15) is 33.9 Å². The zero-order valence-electron chi connectivity index (χ0n) is 15.1. The Bertz CT molecular complexity index is 694. The number of rotatable bonds is 4. The third kappa shape index (κ3) is 3.86. The smallest absolute Gasteiger partial charge is 0.330 e. The fourth-order valence-electron chi connectivity index (χ4n) is 2.56. The quantitative estimate of drug-likeness (QED) is 0.421. The average molecular weight is 466 g/mol. The van der Waals surface area contributed by atoms with Gasteiger partial charge in [0.1, 0.15) is 0 Å². The summed E-state index contributed by atoms with van der Waals surface area (Å²) in [6, 6.07) is 1.34. The molecule has 6 nitrogen and oxygen atoms in total. The second-order valence-corrected chi connectivity index (χ2v) is 13.6. The highest BCUT2D eigenvalue weighted by Crippen LogP contribution is 2.43. The molecule has 2 rings (SSSR count). The van der Waals surface area contributed by atoms with E-state index in [2.05, 4.69) is 68.4 Å². The Labute approximate surface area is 157 Å². The van der Waals surface area contributed by atoms with E-state index >= 15 is 0 Å². The van der Waals surface area contributed by atoms with Gasteiger partial charge in [-0.15, -0.1) is 0 Å². The zero-order valence-corrected chi connectivity index (χ0v) is 18.3. The number of hydrogen-bond donors (Lipinski definition) is 1. The third-order valence-corrected chi connectivity index (χ3v) is 10.6. The number of ether oxygens (including phenoxy) is 1. The van der Waals surface area contributed by atoms with Crippen molar-refractivity contribution in [1.82, 2.24) is 9.55 Å². The average Bonchev–Trinajstić information content (AvgIpc) is 2.74. The topological polar surface area (TPSA) is 73.3 Å². The van der Waals surface area contributed by atoms with Gasteiger partial charge in [0.2, 0.25) is 0 Å². The van der Waals surface area contributed by atoms with Gasteiger partial charge in [-0.1, -0.05) is 50.3 Å². The van der Waals surface area contributed by atoms with E-state index in [4.69, 9.17) is 9.16 Å². The molecule has 0 bridgehead atoms. The molecule has 4 atom stereocenters. The van der Waals surface area contributed by atoms with Gasteiger partial charge in [0.05, 0.1) is 12.2 Å². The zero-order chi connectivity index (χ0) is 18.3. The minimum absolute atomic E-state index is 0.0178. The van der Waals surface area contributed by atoms with Gasteiger partial charge in [0.15, 0.2) is 14.5 Å². The molecule has 1 aromatic rings. The molecule has 1 fully saturated rings. The molecule has 0 aliphatic carbocycles. The summed E-state index contributed by atoms with van der Waals surface area (Å²) in [5.41, 5.74) is -0.868. The van der Waals surface area contributed by atoms with Gasteiger partial charge < -0.3 is 9.16 Å². The summed E-state index contributed by atoms with van der Waals surface area (Å²) in [5, 5.41) is 0.0651. The number of nitrogens with zero attached hydrogens (tertiary/aromatic N) is 1. The number of nitrogens with one attached hydrogen (secondary N) is 1. The second-order valence-electron chi connectivity index (χ2n) is 7.94.